The van der Waals surface area contributed by atoms with Gasteiger partial charge >= 0.3 is 0 Å². The number of ether oxygens (including phenoxy) is 1. The molecule has 0 N–H and O–H groups in total. The number of nitro benzene ring substituents is 2. The number of benzene rings is 2. The normalized spacial score (nSPS) is 10.7. The number of nitro groups is 2. The van der Waals surface area contributed by atoms with Gasteiger partial charge in [0.05, 0.1) is 44.2 Å². The standard InChI is InChI=1S/C14H8Br2Cl2N2O5/c15-9-1-7(13(19(21)22)3-11(9)17)5-25-6-8-2-10(16)12(18)4-14(8)20(23)24/h1-4H,5-6H2. The molecule has 0 aliphatic rings. The molecule has 0 atom stereocenters. The van der Waals surface area contributed by atoms with Gasteiger partial charge in [-0.1, -0.05) is 23.2 Å². The Kier molecular flexibility index (Phi) is 6.75. The number of rotatable bonds is 6. The molecule has 0 bridgehead atoms. The van der Waals surface area contributed by atoms with Gasteiger partial charge in [-0.05, 0) is 44.0 Å². The molecule has 0 saturated carbocycles. The van der Waals surface area contributed by atoms with Crippen molar-refractivity contribution in [1.82, 2.24) is 0 Å². The summed E-state index contributed by atoms with van der Waals surface area (Å²) in [6.45, 7) is -0.243. The Morgan fingerprint density at radius 1 is 0.840 bits per heavy atom. The van der Waals surface area contributed by atoms with E-state index in [0.717, 1.165) is 0 Å². The zero-order valence-corrected chi connectivity index (χ0v) is 16.9. The van der Waals surface area contributed by atoms with E-state index in [-0.39, 0.29) is 45.8 Å². The second-order valence-electron chi connectivity index (χ2n) is 4.80. The largest absolute Gasteiger partial charge is 0.372 e. The second kappa shape index (κ2) is 8.41. The fourth-order valence-corrected chi connectivity index (χ4v) is 3.09. The van der Waals surface area contributed by atoms with Crippen LogP contribution in [-0.4, -0.2) is 9.85 Å². The van der Waals surface area contributed by atoms with Crippen molar-refractivity contribution in [2.45, 2.75) is 13.2 Å². The molecule has 2 rings (SSSR count). The van der Waals surface area contributed by atoms with Gasteiger partial charge in [-0.3, -0.25) is 20.2 Å². The molecule has 0 fully saturated rings. The van der Waals surface area contributed by atoms with Crippen molar-refractivity contribution < 1.29 is 14.6 Å². The average Bonchev–Trinajstić information content (AvgIpc) is 2.53. The topological polar surface area (TPSA) is 95.5 Å². The Bertz CT molecular complexity index is 794. The van der Waals surface area contributed by atoms with E-state index in [2.05, 4.69) is 31.9 Å². The molecule has 0 unspecified atom stereocenters. The van der Waals surface area contributed by atoms with Crippen molar-refractivity contribution in [3.63, 3.8) is 0 Å². The third-order valence-corrected chi connectivity index (χ3v) is 5.55. The average molecular weight is 515 g/mol. The molecule has 0 saturated heterocycles. The van der Waals surface area contributed by atoms with E-state index in [0.29, 0.717) is 8.95 Å². The first-order valence-corrected chi connectivity index (χ1v) is 8.87. The van der Waals surface area contributed by atoms with E-state index >= 15 is 0 Å². The zero-order valence-electron chi connectivity index (χ0n) is 12.2. The summed E-state index contributed by atoms with van der Waals surface area (Å²) >= 11 is 18.1. The predicted octanol–water partition coefficient (Wildman–Crippen LogP) is 6.05. The van der Waals surface area contributed by atoms with Crippen LogP contribution < -0.4 is 0 Å². The molecule has 25 heavy (non-hydrogen) atoms. The Morgan fingerprint density at radius 3 is 1.52 bits per heavy atom. The summed E-state index contributed by atoms with van der Waals surface area (Å²) in [6, 6.07) is 5.39. The van der Waals surface area contributed by atoms with E-state index in [1.807, 2.05) is 0 Å². The van der Waals surface area contributed by atoms with Crippen molar-refractivity contribution in [2.75, 3.05) is 0 Å². The number of halogens is 4. The molecule has 0 amide bonds. The van der Waals surface area contributed by atoms with Crippen LogP contribution in [0.4, 0.5) is 11.4 Å². The van der Waals surface area contributed by atoms with Gasteiger partial charge in [-0.2, -0.15) is 0 Å². The van der Waals surface area contributed by atoms with Crippen LogP contribution in [0, 0.1) is 20.2 Å². The lowest BCUT2D eigenvalue weighted by Crippen LogP contribution is -2.02. The predicted molar refractivity (Wildman–Crippen MR) is 100 cm³/mol. The summed E-state index contributed by atoms with van der Waals surface area (Å²) in [5.41, 5.74) is 0.189. The molecule has 132 valence electrons. The summed E-state index contributed by atoms with van der Waals surface area (Å²) in [6.07, 6.45) is 0. The SMILES string of the molecule is O=[N+]([O-])c1cc(Cl)c(Br)cc1COCc1cc(Br)c(Cl)cc1[N+](=O)[O-]. The first-order valence-electron chi connectivity index (χ1n) is 6.53. The van der Waals surface area contributed by atoms with Gasteiger partial charge in [0.15, 0.2) is 0 Å². The van der Waals surface area contributed by atoms with Crippen LogP contribution in [-0.2, 0) is 18.0 Å². The third-order valence-electron chi connectivity index (χ3n) is 3.15. The third kappa shape index (κ3) is 4.89. The molecule has 0 aliphatic heterocycles. The van der Waals surface area contributed by atoms with Crippen molar-refractivity contribution in [3.05, 3.63) is 74.6 Å². The highest BCUT2D eigenvalue weighted by atomic mass is 79.9. The maximum Gasteiger partial charge on any atom is 0.276 e. The van der Waals surface area contributed by atoms with Crippen LogP contribution >= 0.6 is 55.1 Å². The highest BCUT2D eigenvalue weighted by Gasteiger charge is 2.19. The highest BCUT2D eigenvalue weighted by Crippen LogP contribution is 2.33. The van der Waals surface area contributed by atoms with Gasteiger partial charge in [0.25, 0.3) is 11.4 Å². The Balaban J connectivity index is 2.22. The quantitative estimate of drug-likeness (QED) is 0.345. The molecule has 2 aromatic carbocycles. The summed E-state index contributed by atoms with van der Waals surface area (Å²) in [5, 5.41) is 22.6. The molecular weight excluding hydrogens is 507 g/mol. The highest BCUT2D eigenvalue weighted by molar-refractivity contribution is 9.10. The van der Waals surface area contributed by atoms with Crippen LogP contribution in [0.25, 0.3) is 0 Å². The first kappa shape index (κ1) is 20.1. The summed E-state index contributed by atoms with van der Waals surface area (Å²) in [4.78, 5) is 21.1. The number of nitrogens with zero attached hydrogens (tertiary/aromatic N) is 2. The molecule has 0 aromatic heterocycles. The fraction of sp³-hybridized carbons (Fsp3) is 0.143. The summed E-state index contributed by atoms with van der Waals surface area (Å²) in [5.74, 6) is 0. The smallest absolute Gasteiger partial charge is 0.276 e. The van der Waals surface area contributed by atoms with Gasteiger partial charge in [-0.25, -0.2) is 0 Å². The van der Waals surface area contributed by atoms with E-state index in [1.165, 1.54) is 24.3 Å². The Hall–Kier alpha value is -1.26. The minimum Gasteiger partial charge on any atom is -0.372 e. The maximum atomic E-state index is 11.1. The minimum atomic E-state index is -0.571. The Labute approximate surface area is 168 Å². The van der Waals surface area contributed by atoms with Gasteiger partial charge in [0, 0.05) is 21.1 Å². The van der Waals surface area contributed by atoms with Gasteiger partial charge in [-0.15, -0.1) is 0 Å². The summed E-state index contributed by atoms with van der Waals surface area (Å²) < 4.78 is 6.41. The van der Waals surface area contributed by atoms with Crippen LogP contribution in [0.3, 0.4) is 0 Å². The lowest BCUT2D eigenvalue weighted by atomic mass is 10.2. The van der Waals surface area contributed by atoms with Crippen molar-refractivity contribution in [3.8, 4) is 0 Å². The molecule has 0 spiro atoms. The van der Waals surface area contributed by atoms with Gasteiger partial charge < -0.3 is 4.74 Å². The Morgan fingerprint density at radius 2 is 1.20 bits per heavy atom. The molecular formula is C14H8Br2Cl2N2O5. The van der Waals surface area contributed by atoms with E-state index in [1.54, 1.807) is 0 Å². The number of hydrogen-bond acceptors (Lipinski definition) is 5. The monoisotopic (exact) mass is 512 g/mol. The second-order valence-corrected chi connectivity index (χ2v) is 7.32. The lowest BCUT2D eigenvalue weighted by molar-refractivity contribution is -0.386. The van der Waals surface area contributed by atoms with Crippen molar-refractivity contribution in [1.29, 1.82) is 0 Å². The fourth-order valence-electron chi connectivity index (χ4n) is 2.00. The van der Waals surface area contributed by atoms with Crippen LogP contribution in [0.15, 0.2) is 33.2 Å². The molecule has 0 radical (unpaired) electrons. The van der Waals surface area contributed by atoms with Crippen molar-refractivity contribution in [2.24, 2.45) is 0 Å². The number of hydrogen-bond donors (Lipinski definition) is 0. The zero-order chi connectivity index (χ0) is 18.7. The maximum absolute atomic E-state index is 11.1. The van der Waals surface area contributed by atoms with E-state index in [9.17, 15) is 20.2 Å². The molecule has 0 heterocycles. The van der Waals surface area contributed by atoms with E-state index in [4.69, 9.17) is 27.9 Å². The van der Waals surface area contributed by atoms with Crippen molar-refractivity contribution >= 4 is 66.4 Å². The van der Waals surface area contributed by atoms with Gasteiger partial charge in [0.2, 0.25) is 0 Å². The van der Waals surface area contributed by atoms with Crippen LogP contribution in [0.1, 0.15) is 11.1 Å². The van der Waals surface area contributed by atoms with Crippen LogP contribution in [0.5, 0.6) is 0 Å². The first-order chi connectivity index (χ1) is 11.7. The molecule has 2 aromatic rings. The molecule has 0 aliphatic carbocycles. The minimum absolute atomic E-state index is 0.122. The molecule has 11 heteroatoms. The van der Waals surface area contributed by atoms with Gasteiger partial charge in [0.1, 0.15) is 0 Å². The van der Waals surface area contributed by atoms with Crippen LogP contribution in [0.2, 0.25) is 10.0 Å². The lowest BCUT2D eigenvalue weighted by Gasteiger charge is -2.08. The van der Waals surface area contributed by atoms with E-state index < -0.39 is 9.85 Å². The summed E-state index contributed by atoms with van der Waals surface area (Å²) in [7, 11) is 0. The molecule has 7 nitrogen and oxygen atoms in total.